The van der Waals surface area contributed by atoms with E-state index >= 15 is 0 Å². The van der Waals surface area contributed by atoms with Crippen LogP contribution in [0.15, 0.2) is 71.1 Å². The van der Waals surface area contributed by atoms with E-state index in [1.807, 2.05) is 30.3 Å². The number of allylic oxidation sites excluding steroid dienone is 2. The van der Waals surface area contributed by atoms with E-state index < -0.39 is 22.8 Å². The lowest BCUT2D eigenvalue weighted by atomic mass is 9.80. The predicted octanol–water partition coefficient (Wildman–Crippen LogP) is 4.08. The summed E-state index contributed by atoms with van der Waals surface area (Å²) in [5.41, 5.74) is 0.170. The zero-order valence-corrected chi connectivity index (χ0v) is 23.3. The molecule has 1 N–H and O–H groups in total. The van der Waals surface area contributed by atoms with Gasteiger partial charge in [-0.05, 0) is 56.0 Å². The van der Waals surface area contributed by atoms with Gasteiger partial charge in [-0.25, -0.2) is 9.59 Å². The van der Waals surface area contributed by atoms with Crippen LogP contribution in [-0.2, 0) is 23.8 Å². The Kier molecular flexibility index (Phi) is 10.1. The van der Waals surface area contributed by atoms with Gasteiger partial charge < -0.3 is 29.0 Å². The Bertz CT molecular complexity index is 1420. The van der Waals surface area contributed by atoms with Crippen molar-refractivity contribution in [2.24, 2.45) is 0 Å². The number of nitriles is 1. The van der Waals surface area contributed by atoms with Gasteiger partial charge in [0.05, 0.1) is 48.9 Å². The average Bonchev–Trinajstić information content (AvgIpc) is 3.83. The highest BCUT2D eigenvalue weighted by Gasteiger charge is 2.39. The molecule has 2 heterocycles. The van der Waals surface area contributed by atoms with Crippen molar-refractivity contribution in [1.82, 2.24) is 5.32 Å². The Hall–Kier alpha value is -4.89. The molecule has 0 aromatic heterocycles. The summed E-state index contributed by atoms with van der Waals surface area (Å²) in [7, 11) is 1.15. The van der Waals surface area contributed by atoms with Gasteiger partial charge in [0.1, 0.15) is 36.0 Å². The van der Waals surface area contributed by atoms with Crippen molar-refractivity contribution in [3.8, 4) is 17.6 Å². The van der Waals surface area contributed by atoms with Crippen molar-refractivity contribution in [2.75, 3.05) is 33.5 Å². The van der Waals surface area contributed by atoms with Crippen molar-refractivity contribution < 1.29 is 38.2 Å². The van der Waals surface area contributed by atoms with Crippen LogP contribution in [0.3, 0.4) is 0 Å². The Morgan fingerprint density at radius 2 is 1.74 bits per heavy atom. The van der Waals surface area contributed by atoms with Gasteiger partial charge in [0.25, 0.3) is 5.69 Å². The van der Waals surface area contributed by atoms with Crippen molar-refractivity contribution in [3.05, 3.63) is 86.7 Å². The van der Waals surface area contributed by atoms with Gasteiger partial charge in [-0.1, -0.05) is 12.1 Å². The first-order valence-corrected chi connectivity index (χ1v) is 13.4. The maximum absolute atomic E-state index is 13.3. The summed E-state index contributed by atoms with van der Waals surface area (Å²) >= 11 is 0. The second kappa shape index (κ2) is 14.1. The monoisotopic (exact) mass is 577 g/mol. The summed E-state index contributed by atoms with van der Waals surface area (Å²) in [6, 6.07) is 14.8. The first kappa shape index (κ1) is 30.1. The van der Waals surface area contributed by atoms with Gasteiger partial charge in [-0.2, -0.15) is 5.26 Å². The van der Waals surface area contributed by atoms with E-state index in [-0.39, 0.29) is 40.8 Å². The van der Waals surface area contributed by atoms with Crippen LogP contribution in [0.4, 0.5) is 5.69 Å². The third kappa shape index (κ3) is 7.64. The first-order valence-electron chi connectivity index (χ1n) is 13.4. The maximum atomic E-state index is 13.3. The summed E-state index contributed by atoms with van der Waals surface area (Å²) in [5.74, 6) is -1.18. The fourth-order valence-electron chi connectivity index (χ4n) is 4.47. The number of epoxide rings is 1. The molecule has 2 aromatic carbocycles. The van der Waals surface area contributed by atoms with Crippen LogP contribution < -0.4 is 14.8 Å². The van der Waals surface area contributed by atoms with Crippen LogP contribution in [0, 0.1) is 21.4 Å². The first-order chi connectivity index (χ1) is 20.3. The standard InChI is InChI=1S/C30H31N3O9/c1-19-26(27(20-7-6-8-21(15-20)33(36)37)28(29(34)38-2)25(16-31)32-19)30(35)40-14-5-3-4-13-39-22-9-11-23(12-10-22)41-17-24-18-42-24/h6-12,15,24,27,32H,3-5,13-14,17-18H2,1-2H3. The maximum Gasteiger partial charge on any atom is 0.337 e. The van der Waals surface area contributed by atoms with Crippen LogP contribution in [0.5, 0.6) is 11.5 Å². The van der Waals surface area contributed by atoms with E-state index in [1.165, 1.54) is 18.2 Å². The number of nitro groups is 1. The molecule has 0 spiro atoms. The van der Waals surface area contributed by atoms with Crippen LogP contribution in [0.2, 0.25) is 0 Å². The number of unbranched alkanes of at least 4 members (excludes halogenated alkanes) is 2. The summed E-state index contributed by atoms with van der Waals surface area (Å²) in [6.45, 7) is 3.45. The SMILES string of the molecule is COC(=O)C1=C(C#N)NC(C)=C(C(=O)OCCCCCOc2ccc(OCC3CO3)cc2)C1c1cccc([N+](=O)[O-])c1. The second-order valence-electron chi connectivity index (χ2n) is 9.62. The number of hydrogen-bond donors (Lipinski definition) is 1. The molecule has 2 atom stereocenters. The van der Waals surface area contributed by atoms with Crippen molar-refractivity contribution in [3.63, 3.8) is 0 Å². The molecular weight excluding hydrogens is 546 g/mol. The molecule has 12 nitrogen and oxygen atoms in total. The lowest BCUT2D eigenvalue weighted by Gasteiger charge is -2.29. The zero-order valence-electron chi connectivity index (χ0n) is 23.3. The highest BCUT2D eigenvalue weighted by atomic mass is 16.6. The molecule has 12 heteroatoms. The average molecular weight is 578 g/mol. The molecule has 0 saturated carbocycles. The topological polar surface area (TPSA) is 163 Å². The number of nitro benzene ring substituents is 1. The summed E-state index contributed by atoms with van der Waals surface area (Å²) in [6.07, 6.45) is 2.22. The van der Waals surface area contributed by atoms with Crippen molar-refractivity contribution in [2.45, 2.75) is 38.2 Å². The van der Waals surface area contributed by atoms with Gasteiger partial charge in [-0.15, -0.1) is 0 Å². The van der Waals surface area contributed by atoms with Gasteiger partial charge in [-0.3, -0.25) is 10.1 Å². The number of carbonyl (C=O) groups excluding carboxylic acids is 2. The Morgan fingerprint density at radius 1 is 1.05 bits per heavy atom. The van der Waals surface area contributed by atoms with E-state index in [2.05, 4.69) is 5.32 Å². The van der Waals surface area contributed by atoms with E-state index in [1.54, 1.807) is 13.0 Å². The van der Waals surface area contributed by atoms with Gasteiger partial charge in [0.2, 0.25) is 0 Å². The summed E-state index contributed by atoms with van der Waals surface area (Å²) < 4.78 is 26.9. The molecule has 4 rings (SSSR count). The molecule has 0 bridgehead atoms. The minimum absolute atomic E-state index is 0.0651. The van der Waals surface area contributed by atoms with Crippen LogP contribution in [0.1, 0.15) is 37.7 Å². The van der Waals surface area contributed by atoms with E-state index in [4.69, 9.17) is 23.7 Å². The zero-order chi connectivity index (χ0) is 30.1. The minimum Gasteiger partial charge on any atom is -0.494 e. The van der Waals surface area contributed by atoms with Crippen molar-refractivity contribution in [1.29, 1.82) is 5.26 Å². The molecule has 0 radical (unpaired) electrons. The molecule has 2 aliphatic rings. The molecule has 0 amide bonds. The normalized spacial score (nSPS) is 17.5. The van der Waals surface area contributed by atoms with Gasteiger partial charge in [0, 0.05) is 17.8 Å². The lowest BCUT2D eigenvalue weighted by molar-refractivity contribution is -0.384. The van der Waals surface area contributed by atoms with Crippen LogP contribution >= 0.6 is 0 Å². The molecule has 1 saturated heterocycles. The number of benzene rings is 2. The Balaban J connectivity index is 1.33. The number of dihydropyridines is 1. The quantitative estimate of drug-likeness (QED) is 0.113. The molecule has 220 valence electrons. The van der Waals surface area contributed by atoms with Crippen LogP contribution in [0.25, 0.3) is 0 Å². The van der Waals surface area contributed by atoms with E-state index in [0.717, 1.165) is 38.1 Å². The number of rotatable bonds is 14. The molecule has 2 aliphatic heterocycles. The molecule has 2 unspecified atom stereocenters. The van der Waals surface area contributed by atoms with E-state index in [0.29, 0.717) is 25.3 Å². The number of esters is 2. The second-order valence-corrected chi connectivity index (χ2v) is 9.62. The third-order valence-corrected chi connectivity index (χ3v) is 6.67. The Labute approximate surface area is 242 Å². The number of nitrogens with zero attached hydrogens (tertiary/aromatic N) is 2. The number of non-ortho nitro benzene ring substituents is 1. The summed E-state index contributed by atoms with van der Waals surface area (Å²) in [4.78, 5) is 36.9. The predicted molar refractivity (Wildman–Crippen MR) is 148 cm³/mol. The lowest BCUT2D eigenvalue weighted by Crippen LogP contribution is -2.32. The minimum atomic E-state index is -1.10. The largest absolute Gasteiger partial charge is 0.494 e. The summed E-state index contributed by atoms with van der Waals surface area (Å²) in [5, 5.41) is 23.9. The fraction of sp³-hybridized carbons (Fsp3) is 0.367. The van der Waals surface area contributed by atoms with Gasteiger partial charge >= 0.3 is 11.9 Å². The smallest absolute Gasteiger partial charge is 0.337 e. The highest BCUT2D eigenvalue weighted by Crippen LogP contribution is 2.40. The van der Waals surface area contributed by atoms with Gasteiger partial charge in [0.15, 0.2) is 0 Å². The molecule has 0 aliphatic carbocycles. The highest BCUT2D eigenvalue weighted by molar-refractivity contribution is 6.00. The van der Waals surface area contributed by atoms with E-state index in [9.17, 15) is 25.0 Å². The van der Waals surface area contributed by atoms with Crippen molar-refractivity contribution >= 4 is 17.6 Å². The van der Waals surface area contributed by atoms with Crippen LogP contribution in [-0.4, -0.2) is 56.5 Å². The third-order valence-electron chi connectivity index (χ3n) is 6.67. The number of nitrogens with one attached hydrogen (secondary N) is 1. The number of ether oxygens (including phenoxy) is 5. The molecule has 1 fully saturated rings. The Morgan fingerprint density at radius 3 is 2.38 bits per heavy atom. The molecule has 42 heavy (non-hydrogen) atoms. The fourth-order valence-corrected chi connectivity index (χ4v) is 4.47. The number of methoxy groups -OCH3 is 1. The number of carbonyl (C=O) groups is 2. The number of hydrogen-bond acceptors (Lipinski definition) is 11. The molecule has 2 aromatic rings. The molecular formula is C30H31N3O9.